The van der Waals surface area contributed by atoms with Crippen LogP contribution < -0.4 is 5.32 Å². The third-order valence-corrected chi connectivity index (χ3v) is 3.49. The Morgan fingerprint density at radius 1 is 1.35 bits per heavy atom. The van der Waals surface area contributed by atoms with Gasteiger partial charge < -0.3 is 10.2 Å². The lowest BCUT2D eigenvalue weighted by Gasteiger charge is -2.16. The minimum absolute atomic E-state index is 0.698. The number of pyridine rings is 1. The van der Waals surface area contributed by atoms with E-state index in [0.717, 1.165) is 13.0 Å². The van der Waals surface area contributed by atoms with E-state index >= 15 is 0 Å². The molecule has 0 bridgehead atoms. The number of nitrogens with zero attached hydrogens (tertiary/aromatic N) is 2. The molecule has 1 atom stereocenters. The van der Waals surface area contributed by atoms with Crippen LogP contribution in [-0.4, -0.2) is 42.6 Å². The minimum Gasteiger partial charge on any atom is -0.314 e. The largest absolute Gasteiger partial charge is 0.314 e. The van der Waals surface area contributed by atoms with Gasteiger partial charge in [0, 0.05) is 30.9 Å². The van der Waals surface area contributed by atoms with Crippen LogP contribution in [0.15, 0.2) is 24.4 Å². The summed E-state index contributed by atoms with van der Waals surface area (Å²) in [5, 5.41) is 3.66. The summed E-state index contributed by atoms with van der Waals surface area (Å²) in [6, 6.07) is 6.83. The van der Waals surface area contributed by atoms with Crippen LogP contribution in [0.1, 0.15) is 25.0 Å². The van der Waals surface area contributed by atoms with Crippen molar-refractivity contribution in [1.82, 2.24) is 15.2 Å². The number of hydrogen-bond acceptors (Lipinski definition) is 3. The summed E-state index contributed by atoms with van der Waals surface area (Å²) in [5.74, 6) is 0. The van der Waals surface area contributed by atoms with Crippen LogP contribution in [0.2, 0.25) is 0 Å². The van der Waals surface area contributed by atoms with Crippen LogP contribution in [0.25, 0.3) is 0 Å². The Balaban J connectivity index is 1.68. The van der Waals surface area contributed by atoms with Gasteiger partial charge in [-0.15, -0.1) is 0 Å². The zero-order chi connectivity index (χ0) is 11.9. The van der Waals surface area contributed by atoms with Crippen LogP contribution in [0.4, 0.5) is 0 Å². The third kappa shape index (κ3) is 4.44. The first-order valence-corrected chi connectivity index (χ1v) is 6.66. The first kappa shape index (κ1) is 12.5. The standard InChI is InChI=1S/C14H23N3/c1-17-11-4-6-14(8-12-17)16-10-7-13-5-2-3-9-15-13/h2-3,5,9,14,16H,4,6-8,10-12H2,1H3. The fraction of sp³-hybridized carbons (Fsp3) is 0.643. The molecular formula is C14H23N3. The zero-order valence-corrected chi connectivity index (χ0v) is 10.7. The van der Waals surface area contributed by atoms with Crippen molar-refractivity contribution < 1.29 is 0 Å². The maximum Gasteiger partial charge on any atom is 0.0416 e. The van der Waals surface area contributed by atoms with Crippen molar-refractivity contribution in [2.75, 3.05) is 26.7 Å². The Morgan fingerprint density at radius 2 is 2.29 bits per heavy atom. The molecule has 94 valence electrons. The second-order valence-corrected chi connectivity index (χ2v) is 4.96. The summed E-state index contributed by atoms with van der Waals surface area (Å²) < 4.78 is 0. The molecule has 1 aromatic heterocycles. The molecule has 3 heteroatoms. The van der Waals surface area contributed by atoms with Crippen LogP contribution in [0.5, 0.6) is 0 Å². The van der Waals surface area contributed by atoms with Gasteiger partial charge in [-0.1, -0.05) is 6.07 Å². The van der Waals surface area contributed by atoms with Crippen molar-refractivity contribution in [2.24, 2.45) is 0 Å². The topological polar surface area (TPSA) is 28.2 Å². The van der Waals surface area contributed by atoms with Gasteiger partial charge in [-0.2, -0.15) is 0 Å². The van der Waals surface area contributed by atoms with Crippen molar-refractivity contribution in [2.45, 2.75) is 31.7 Å². The molecule has 0 saturated carbocycles. The predicted molar refractivity (Wildman–Crippen MR) is 71.1 cm³/mol. The number of nitrogens with one attached hydrogen (secondary N) is 1. The molecule has 1 saturated heterocycles. The van der Waals surface area contributed by atoms with E-state index in [2.05, 4.69) is 34.4 Å². The lowest BCUT2D eigenvalue weighted by molar-refractivity contribution is 0.344. The van der Waals surface area contributed by atoms with Gasteiger partial charge in [-0.05, 0) is 51.5 Å². The van der Waals surface area contributed by atoms with E-state index in [1.54, 1.807) is 0 Å². The molecule has 0 aliphatic carbocycles. The van der Waals surface area contributed by atoms with Crippen LogP contribution in [-0.2, 0) is 6.42 Å². The Hall–Kier alpha value is -0.930. The molecular weight excluding hydrogens is 210 g/mol. The summed E-state index contributed by atoms with van der Waals surface area (Å²) in [4.78, 5) is 6.77. The van der Waals surface area contributed by atoms with E-state index < -0.39 is 0 Å². The molecule has 0 amide bonds. The van der Waals surface area contributed by atoms with Gasteiger partial charge in [-0.3, -0.25) is 4.98 Å². The zero-order valence-electron chi connectivity index (χ0n) is 10.7. The molecule has 0 radical (unpaired) electrons. The molecule has 1 aliphatic heterocycles. The molecule has 1 fully saturated rings. The maximum absolute atomic E-state index is 4.34. The Kier molecular flexibility index (Phi) is 4.95. The molecule has 1 aromatic rings. The quantitative estimate of drug-likeness (QED) is 0.858. The van der Waals surface area contributed by atoms with E-state index in [1.807, 2.05) is 12.3 Å². The lowest BCUT2D eigenvalue weighted by atomic mass is 10.1. The molecule has 3 nitrogen and oxygen atoms in total. The highest BCUT2D eigenvalue weighted by atomic mass is 15.1. The van der Waals surface area contributed by atoms with E-state index in [4.69, 9.17) is 0 Å². The minimum atomic E-state index is 0.698. The second-order valence-electron chi connectivity index (χ2n) is 4.96. The van der Waals surface area contributed by atoms with E-state index in [-0.39, 0.29) is 0 Å². The van der Waals surface area contributed by atoms with Crippen molar-refractivity contribution >= 4 is 0 Å². The molecule has 2 rings (SSSR count). The normalized spacial score (nSPS) is 22.3. The molecule has 1 unspecified atom stereocenters. The van der Waals surface area contributed by atoms with Crippen molar-refractivity contribution in [3.8, 4) is 0 Å². The van der Waals surface area contributed by atoms with Gasteiger partial charge in [0.05, 0.1) is 0 Å². The summed E-state index contributed by atoms with van der Waals surface area (Å²) in [7, 11) is 2.22. The number of hydrogen-bond donors (Lipinski definition) is 1. The van der Waals surface area contributed by atoms with Gasteiger partial charge in [0.1, 0.15) is 0 Å². The second kappa shape index (κ2) is 6.72. The smallest absolute Gasteiger partial charge is 0.0416 e. The number of likely N-dealkylation sites (tertiary alicyclic amines) is 1. The average molecular weight is 233 g/mol. The van der Waals surface area contributed by atoms with Gasteiger partial charge in [0.2, 0.25) is 0 Å². The summed E-state index contributed by atoms with van der Waals surface area (Å²) in [6.07, 6.45) is 6.81. The van der Waals surface area contributed by atoms with Gasteiger partial charge in [0.15, 0.2) is 0 Å². The molecule has 0 spiro atoms. The molecule has 17 heavy (non-hydrogen) atoms. The van der Waals surface area contributed by atoms with Crippen LogP contribution >= 0.6 is 0 Å². The van der Waals surface area contributed by atoms with Gasteiger partial charge in [-0.25, -0.2) is 0 Å². The van der Waals surface area contributed by atoms with E-state index in [1.165, 1.54) is 38.0 Å². The monoisotopic (exact) mass is 233 g/mol. The first-order valence-electron chi connectivity index (χ1n) is 6.66. The highest BCUT2D eigenvalue weighted by Gasteiger charge is 2.13. The molecule has 0 aromatic carbocycles. The Bertz CT molecular complexity index is 313. The Labute approximate surface area is 104 Å². The lowest BCUT2D eigenvalue weighted by Crippen LogP contribution is -2.31. The van der Waals surface area contributed by atoms with Gasteiger partial charge >= 0.3 is 0 Å². The fourth-order valence-electron chi connectivity index (χ4n) is 2.39. The number of rotatable bonds is 4. The molecule has 1 aliphatic rings. The molecule has 1 N–H and O–H groups in total. The predicted octanol–water partition coefficient (Wildman–Crippen LogP) is 1.70. The highest BCUT2D eigenvalue weighted by Crippen LogP contribution is 2.09. The van der Waals surface area contributed by atoms with Crippen molar-refractivity contribution in [3.05, 3.63) is 30.1 Å². The van der Waals surface area contributed by atoms with E-state index in [9.17, 15) is 0 Å². The highest BCUT2D eigenvalue weighted by molar-refractivity contribution is 5.03. The third-order valence-electron chi connectivity index (χ3n) is 3.49. The SMILES string of the molecule is CN1CCCC(NCCc2ccccn2)CC1. The maximum atomic E-state index is 4.34. The summed E-state index contributed by atoms with van der Waals surface area (Å²) in [5.41, 5.74) is 1.19. The average Bonchev–Trinajstić information content (AvgIpc) is 2.56. The van der Waals surface area contributed by atoms with Crippen molar-refractivity contribution in [1.29, 1.82) is 0 Å². The first-order chi connectivity index (χ1) is 8.34. The van der Waals surface area contributed by atoms with Gasteiger partial charge in [0.25, 0.3) is 0 Å². The van der Waals surface area contributed by atoms with E-state index in [0.29, 0.717) is 6.04 Å². The summed E-state index contributed by atoms with van der Waals surface area (Å²) >= 11 is 0. The van der Waals surface area contributed by atoms with Crippen LogP contribution in [0, 0.1) is 0 Å². The fourth-order valence-corrected chi connectivity index (χ4v) is 2.39. The summed E-state index contributed by atoms with van der Waals surface area (Å²) in [6.45, 7) is 3.52. The number of aromatic nitrogens is 1. The van der Waals surface area contributed by atoms with Crippen molar-refractivity contribution in [3.63, 3.8) is 0 Å². The molecule has 2 heterocycles. The van der Waals surface area contributed by atoms with Crippen LogP contribution in [0.3, 0.4) is 0 Å². The Morgan fingerprint density at radius 3 is 3.12 bits per heavy atom.